The maximum absolute atomic E-state index is 11.7. The molecule has 0 fully saturated rings. The van der Waals surface area contributed by atoms with Gasteiger partial charge in [0.15, 0.2) is 5.78 Å². The Kier molecular flexibility index (Phi) is 3.06. The van der Waals surface area contributed by atoms with Crippen LogP contribution in [0.25, 0.3) is 0 Å². The molecule has 0 bridgehead atoms. The molecule has 1 heteroatoms. The van der Waals surface area contributed by atoms with Gasteiger partial charge < -0.3 is 0 Å². The van der Waals surface area contributed by atoms with Gasteiger partial charge in [-0.15, -0.1) is 0 Å². The Labute approximate surface area is 95.7 Å². The maximum atomic E-state index is 11.7. The molecule has 16 heavy (non-hydrogen) atoms. The van der Waals surface area contributed by atoms with E-state index >= 15 is 0 Å². The minimum Gasteiger partial charge on any atom is -0.285 e. The van der Waals surface area contributed by atoms with Crippen LogP contribution in [0.5, 0.6) is 0 Å². The summed E-state index contributed by atoms with van der Waals surface area (Å²) < 4.78 is 0. The van der Waals surface area contributed by atoms with Crippen LogP contribution in [0.3, 0.4) is 0 Å². The first-order valence-corrected chi connectivity index (χ1v) is 5.28. The summed E-state index contributed by atoms with van der Waals surface area (Å²) in [6.45, 7) is 1.61. The van der Waals surface area contributed by atoms with E-state index in [0.29, 0.717) is 0 Å². The molecule has 0 aliphatic heterocycles. The maximum Gasteiger partial charge on any atom is 0.195 e. The summed E-state index contributed by atoms with van der Waals surface area (Å²) in [7, 11) is 0. The Hall–Kier alpha value is -2.02. The third kappa shape index (κ3) is 2.14. The van der Waals surface area contributed by atoms with Crippen molar-refractivity contribution in [2.75, 3.05) is 0 Å². The second-order valence-electron chi connectivity index (χ2n) is 3.66. The molecule has 0 heterocycles. The molecule has 2 aromatic carbocycles. The average Bonchev–Trinajstić information content (AvgIpc) is 2.31. The summed E-state index contributed by atoms with van der Waals surface area (Å²) in [5.74, 6) is 0.874. The number of Topliss-reactive ketones (excluding diaryl/α,β-unsaturated/α-hetero) is 1. The number of ketones is 1. The zero-order chi connectivity index (χ0) is 11.4. The normalized spacial score (nSPS) is 9.81. The minimum atomic E-state index is 0.0948. The second kappa shape index (κ2) is 4.67. The molecule has 0 amide bonds. The van der Waals surface area contributed by atoms with Gasteiger partial charge in [0.05, 0.1) is 11.1 Å². The largest absolute Gasteiger partial charge is 0.285 e. The predicted octanol–water partition coefficient (Wildman–Crippen LogP) is 3.25. The Balaban J connectivity index is 2.44. The molecule has 0 aliphatic carbocycles. The molecule has 78 valence electrons. The molecule has 0 atom stereocenters. The molecule has 0 N–H and O–H groups in total. The topological polar surface area (TPSA) is 17.1 Å². The number of benzene rings is 2. The van der Waals surface area contributed by atoms with E-state index in [9.17, 15) is 4.79 Å². The van der Waals surface area contributed by atoms with Crippen molar-refractivity contribution in [2.45, 2.75) is 6.92 Å². The molecule has 2 rings (SSSR count). The lowest BCUT2D eigenvalue weighted by molar-refractivity contribution is -0.114. The van der Waals surface area contributed by atoms with E-state index in [1.807, 2.05) is 60.7 Å². The first kappa shape index (κ1) is 10.5. The van der Waals surface area contributed by atoms with E-state index in [0.717, 1.165) is 17.0 Å². The Morgan fingerprint density at radius 2 is 1.19 bits per heavy atom. The third-order valence-electron chi connectivity index (χ3n) is 2.48. The lowest BCUT2D eigenvalue weighted by atomic mass is 9.88. The van der Waals surface area contributed by atoms with Crippen molar-refractivity contribution in [3.8, 4) is 0 Å². The molecule has 0 unspecified atom stereocenters. The highest BCUT2D eigenvalue weighted by Crippen LogP contribution is 2.23. The van der Waals surface area contributed by atoms with Crippen LogP contribution in [-0.4, -0.2) is 5.78 Å². The minimum absolute atomic E-state index is 0.0948. The summed E-state index contributed by atoms with van der Waals surface area (Å²) in [5.41, 5.74) is 1.95. The summed E-state index contributed by atoms with van der Waals surface area (Å²) in [6, 6.07) is 19.5. The van der Waals surface area contributed by atoms with Gasteiger partial charge in [0.25, 0.3) is 0 Å². The lowest BCUT2D eigenvalue weighted by Gasteiger charge is -2.07. The SMILES string of the molecule is CC(=O)[C+](c1ccccc1)c1ccccc1. The number of rotatable bonds is 3. The number of carbonyl (C=O) groups excluding carboxylic acids is 1. The van der Waals surface area contributed by atoms with Gasteiger partial charge in [0.2, 0.25) is 0 Å². The van der Waals surface area contributed by atoms with Crippen LogP contribution in [-0.2, 0) is 4.79 Å². The highest BCUT2D eigenvalue weighted by atomic mass is 16.1. The van der Waals surface area contributed by atoms with Crippen LogP contribution in [0, 0.1) is 5.92 Å². The van der Waals surface area contributed by atoms with Crippen molar-refractivity contribution in [1.82, 2.24) is 0 Å². The van der Waals surface area contributed by atoms with Gasteiger partial charge in [-0.1, -0.05) is 0 Å². The molecule has 0 saturated heterocycles. The summed E-state index contributed by atoms with van der Waals surface area (Å²) in [4.78, 5) is 11.7. The monoisotopic (exact) mass is 209 g/mol. The van der Waals surface area contributed by atoms with E-state index in [2.05, 4.69) is 0 Å². The van der Waals surface area contributed by atoms with Gasteiger partial charge in [0.1, 0.15) is 5.92 Å². The summed E-state index contributed by atoms with van der Waals surface area (Å²) >= 11 is 0. The van der Waals surface area contributed by atoms with Crippen molar-refractivity contribution in [2.24, 2.45) is 0 Å². The van der Waals surface area contributed by atoms with Crippen LogP contribution in [0.15, 0.2) is 60.7 Å². The van der Waals surface area contributed by atoms with Crippen molar-refractivity contribution >= 4 is 5.78 Å². The molecular formula is C15H13O+. The van der Waals surface area contributed by atoms with Crippen molar-refractivity contribution in [3.05, 3.63) is 77.7 Å². The predicted molar refractivity (Wildman–Crippen MR) is 65.0 cm³/mol. The Morgan fingerprint density at radius 3 is 1.50 bits per heavy atom. The fraction of sp³-hybridized carbons (Fsp3) is 0.0667. The van der Waals surface area contributed by atoms with Crippen LogP contribution in [0.4, 0.5) is 0 Å². The van der Waals surface area contributed by atoms with E-state index in [1.165, 1.54) is 0 Å². The van der Waals surface area contributed by atoms with Gasteiger partial charge in [-0.2, -0.15) is 0 Å². The quantitative estimate of drug-likeness (QED) is 0.709. The lowest BCUT2D eigenvalue weighted by Crippen LogP contribution is -2.11. The fourth-order valence-electron chi connectivity index (χ4n) is 1.78. The molecule has 1 nitrogen and oxygen atoms in total. The van der Waals surface area contributed by atoms with Crippen molar-refractivity contribution in [3.63, 3.8) is 0 Å². The van der Waals surface area contributed by atoms with Crippen LogP contribution >= 0.6 is 0 Å². The van der Waals surface area contributed by atoms with Crippen LogP contribution in [0.2, 0.25) is 0 Å². The van der Waals surface area contributed by atoms with Crippen molar-refractivity contribution < 1.29 is 4.79 Å². The van der Waals surface area contributed by atoms with Crippen LogP contribution in [0.1, 0.15) is 18.1 Å². The molecule has 2 aromatic rings. The number of hydrogen-bond acceptors (Lipinski definition) is 1. The first-order valence-electron chi connectivity index (χ1n) is 5.28. The Bertz CT molecular complexity index is 420. The van der Waals surface area contributed by atoms with E-state index < -0.39 is 0 Å². The molecule has 0 aliphatic rings. The molecule has 0 spiro atoms. The van der Waals surface area contributed by atoms with Gasteiger partial charge in [0, 0.05) is 31.2 Å². The summed E-state index contributed by atoms with van der Waals surface area (Å²) in [5, 5.41) is 0. The highest BCUT2D eigenvalue weighted by molar-refractivity contribution is 5.98. The smallest absolute Gasteiger partial charge is 0.195 e. The van der Waals surface area contributed by atoms with E-state index in [4.69, 9.17) is 0 Å². The molecule has 0 radical (unpaired) electrons. The highest BCUT2D eigenvalue weighted by Gasteiger charge is 2.24. The fourth-order valence-corrected chi connectivity index (χ4v) is 1.78. The molecular weight excluding hydrogens is 196 g/mol. The summed E-state index contributed by atoms with van der Waals surface area (Å²) in [6.07, 6.45) is 0. The van der Waals surface area contributed by atoms with Crippen molar-refractivity contribution in [1.29, 1.82) is 0 Å². The Morgan fingerprint density at radius 1 is 0.812 bits per heavy atom. The van der Waals surface area contributed by atoms with E-state index in [-0.39, 0.29) is 5.78 Å². The average molecular weight is 209 g/mol. The zero-order valence-corrected chi connectivity index (χ0v) is 9.18. The second-order valence-corrected chi connectivity index (χ2v) is 3.66. The van der Waals surface area contributed by atoms with Gasteiger partial charge in [-0.3, -0.25) is 4.79 Å². The van der Waals surface area contributed by atoms with Gasteiger partial charge >= 0.3 is 0 Å². The van der Waals surface area contributed by atoms with Gasteiger partial charge in [-0.25, -0.2) is 0 Å². The molecule has 0 aromatic heterocycles. The standard InChI is InChI=1S/C15H13O/c1-12(16)15(13-8-4-2-5-9-13)14-10-6-3-7-11-14/h2-11H,1H3/q+1. The number of carbonyl (C=O) groups is 1. The first-order chi connectivity index (χ1) is 7.79. The van der Waals surface area contributed by atoms with E-state index in [1.54, 1.807) is 6.92 Å². The van der Waals surface area contributed by atoms with Crippen LogP contribution < -0.4 is 0 Å². The zero-order valence-electron chi connectivity index (χ0n) is 9.18. The number of hydrogen-bond donors (Lipinski definition) is 0. The third-order valence-corrected chi connectivity index (χ3v) is 2.48. The van der Waals surface area contributed by atoms with Gasteiger partial charge in [-0.05, 0) is 36.4 Å². The molecule has 0 saturated carbocycles.